The summed E-state index contributed by atoms with van der Waals surface area (Å²) in [4.78, 5) is 30.5. The number of aliphatic hydroxyl groups excluding tert-OH is 1. The Morgan fingerprint density at radius 2 is 1.63 bits per heavy atom. The van der Waals surface area contributed by atoms with Crippen molar-refractivity contribution in [2.24, 2.45) is 5.92 Å². The Bertz CT molecular complexity index is 1860. The average molecular weight is 730 g/mol. The van der Waals surface area contributed by atoms with Gasteiger partial charge >= 0.3 is 6.18 Å². The molecule has 0 fully saturated rings. The molecule has 0 aromatic heterocycles. The molecule has 1 aliphatic rings. The third-order valence-corrected chi connectivity index (χ3v) is 8.67. The van der Waals surface area contributed by atoms with Gasteiger partial charge in [0.15, 0.2) is 23.2 Å². The summed E-state index contributed by atoms with van der Waals surface area (Å²) in [6.07, 6.45) is -5.26. The standard InChI is InChI=1S/C38H37F6N3O5/c1-22-18-47(23(2)21-48)37(50)29-5-4-6-32(45-34(49)15-24-7-11-26(12-8-24)38(42,43)44)36(29)52-33(22)20-46(3)19-25-9-13-27(14-10-25)51-28-16-30(39)35(41)31(40)17-28/h4-14,16-17,22-23,33,48H,15,18-21H2,1-3H3,(H,45,49)/t22-,23?,33-/m1/s1. The van der Waals surface area contributed by atoms with Gasteiger partial charge in [-0.25, -0.2) is 13.2 Å². The zero-order chi connectivity index (χ0) is 37.7. The van der Waals surface area contributed by atoms with Crippen LogP contribution in [0, 0.1) is 23.4 Å². The largest absolute Gasteiger partial charge is 0.486 e. The number of nitrogens with zero attached hydrogens (tertiary/aromatic N) is 2. The molecule has 2 N–H and O–H groups in total. The second-order valence-corrected chi connectivity index (χ2v) is 12.9. The lowest BCUT2D eigenvalue weighted by Gasteiger charge is -2.38. The third kappa shape index (κ3) is 9.22. The first-order chi connectivity index (χ1) is 24.6. The van der Waals surface area contributed by atoms with Crippen molar-refractivity contribution < 1.29 is 50.5 Å². The molecule has 0 aliphatic carbocycles. The molecule has 3 atom stereocenters. The number of aliphatic hydroxyl groups is 1. The first kappa shape index (κ1) is 38.2. The quantitative estimate of drug-likeness (QED) is 0.123. The number of alkyl halides is 3. The molecule has 0 saturated carbocycles. The molecule has 276 valence electrons. The van der Waals surface area contributed by atoms with Gasteiger partial charge in [-0.3, -0.25) is 14.5 Å². The Kier molecular flexibility index (Phi) is 11.8. The minimum Gasteiger partial charge on any atom is -0.486 e. The lowest BCUT2D eigenvalue weighted by Crippen LogP contribution is -2.49. The van der Waals surface area contributed by atoms with Crippen molar-refractivity contribution in [2.75, 3.05) is 32.1 Å². The van der Waals surface area contributed by atoms with Gasteiger partial charge in [0, 0.05) is 37.7 Å². The van der Waals surface area contributed by atoms with Gasteiger partial charge in [-0.05, 0) is 61.5 Å². The molecule has 0 radical (unpaired) electrons. The van der Waals surface area contributed by atoms with Gasteiger partial charge in [0.1, 0.15) is 17.6 Å². The summed E-state index contributed by atoms with van der Waals surface area (Å²) in [5.41, 5.74) is 0.756. The molecular weight excluding hydrogens is 692 g/mol. The van der Waals surface area contributed by atoms with Crippen LogP contribution in [0.15, 0.2) is 78.9 Å². The van der Waals surface area contributed by atoms with E-state index in [9.17, 15) is 41.0 Å². The minimum absolute atomic E-state index is 0.128. The van der Waals surface area contributed by atoms with Gasteiger partial charge in [0.2, 0.25) is 5.91 Å². The van der Waals surface area contributed by atoms with Crippen LogP contribution in [0.5, 0.6) is 17.2 Å². The van der Waals surface area contributed by atoms with Crippen molar-refractivity contribution in [3.63, 3.8) is 0 Å². The number of carbonyl (C=O) groups is 2. The van der Waals surface area contributed by atoms with Gasteiger partial charge in [0.05, 0.1) is 35.9 Å². The van der Waals surface area contributed by atoms with E-state index < -0.39 is 53.2 Å². The zero-order valence-corrected chi connectivity index (χ0v) is 28.5. The maximum atomic E-state index is 13.8. The summed E-state index contributed by atoms with van der Waals surface area (Å²) >= 11 is 0. The van der Waals surface area contributed by atoms with Crippen molar-refractivity contribution in [3.8, 4) is 17.2 Å². The van der Waals surface area contributed by atoms with Gasteiger partial charge in [0.25, 0.3) is 5.91 Å². The van der Waals surface area contributed by atoms with Crippen molar-refractivity contribution in [2.45, 2.75) is 45.1 Å². The fraction of sp³-hybridized carbons (Fsp3) is 0.316. The highest BCUT2D eigenvalue weighted by Crippen LogP contribution is 2.36. The molecule has 0 saturated heterocycles. The number of benzene rings is 4. The van der Waals surface area contributed by atoms with E-state index in [1.54, 1.807) is 54.3 Å². The van der Waals surface area contributed by atoms with E-state index in [1.807, 2.05) is 18.9 Å². The molecule has 14 heteroatoms. The number of para-hydroxylation sites is 1. The van der Waals surface area contributed by atoms with Crippen molar-refractivity contribution in [1.29, 1.82) is 0 Å². The maximum absolute atomic E-state index is 13.8. The topological polar surface area (TPSA) is 91.3 Å². The lowest BCUT2D eigenvalue weighted by molar-refractivity contribution is -0.137. The van der Waals surface area contributed by atoms with Crippen LogP contribution in [0.2, 0.25) is 0 Å². The third-order valence-electron chi connectivity index (χ3n) is 8.67. The highest BCUT2D eigenvalue weighted by Gasteiger charge is 2.35. The Hall–Kier alpha value is -5.08. The van der Waals surface area contributed by atoms with Crippen LogP contribution in [0.25, 0.3) is 0 Å². The molecule has 2 amide bonds. The predicted molar refractivity (Wildman–Crippen MR) is 181 cm³/mol. The molecule has 0 bridgehead atoms. The van der Waals surface area contributed by atoms with Crippen LogP contribution in [-0.4, -0.2) is 65.6 Å². The molecule has 1 unspecified atom stereocenters. The number of nitrogens with one attached hydrogen (secondary N) is 1. The highest BCUT2D eigenvalue weighted by molar-refractivity contribution is 6.02. The number of hydrogen-bond donors (Lipinski definition) is 2. The molecule has 4 aromatic carbocycles. The second-order valence-electron chi connectivity index (χ2n) is 12.9. The monoisotopic (exact) mass is 729 g/mol. The number of carbonyl (C=O) groups excluding carboxylic acids is 2. The van der Waals surface area contributed by atoms with E-state index in [2.05, 4.69) is 5.32 Å². The van der Waals surface area contributed by atoms with Gasteiger partial charge in [-0.1, -0.05) is 37.3 Å². The lowest BCUT2D eigenvalue weighted by atomic mass is 9.98. The molecule has 5 rings (SSSR count). The molecule has 0 spiro atoms. The number of anilines is 1. The molecule has 1 heterocycles. The number of amides is 2. The van der Waals surface area contributed by atoms with Crippen molar-refractivity contribution in [3.05, 3.63) is 119 Å². The molecule has 1 aliphatic heterocycles. The molecular formula is C38H37F6N3O5. The second kappa shape index (κ2) is 16.1. The summed E-state index contributed by atoms with van der Waals surface area (Å²) in [6, 6.07) is 16.7. The number of fused-ring (bicyclic) bond motifs is 1. The fourth-order valence-corrected chi connectivity index (χ4v) is 5.82. The van der Waals surface area contributed by atoms with Crippen molar-refractivity contribution >= 4 is 17.5 Å². The van der Waals surface area contributed by atoms with Crippen LogP contribution >= 0.6 is 0 Å². The van der Waals surface area contributed by atoms with E-state index in [1.165, 1.54) is 12.1 Å². The summed E-state index contributed by atoms with van der Waals surface area (Å²) in [7, 11) is 1.86. The summed E-state index contributed by atoms with van der Waals surface area (Å²) in [6.45, 7) is 4.40. The number of ether oxygens (including phenoxy) is 2. The Morgan fingerprint density at radius 1 is 1.00 bits per heavy atom. The highest BCUT2D eigenvalue weighted by atomic mass is 19.4. The number of likely N-dealkylation sites (N-methyl/N-ethyl adjacent to an activating group) is 1. The molecule has 8 nitrogen and oxygen atoms in total. The fourth-order valence-electron chi connectivity index (χ4n) is 5.82. The molecule has 4 aromatic rings. The smallest absolute Gasteiger partial charge is 0.416 e. The summed E-state index contributed by atoms with van der Waals surface area (Å²) in [5, 5.41) is 12.7. The zero-order valence-electron chi connectivity index (χ0n) is 28.5. The van der Waals surface area contributed by atoms with Gasteiger partial charge in [-0.2, -0.15) is 13.2 Å². The van der Waals surface area contributed by atoms with Crippen molar-refractivity contribution in [1.82, 2.24) is 9.80 Å². The average Bonchev–Trinajstić information content (AvgIpc) is 3.09. The summed E-state index contributed by atoms with van der Waals surface area (Å²) < 4.78 is 91.6. The van der Waals surface area contributed by atoms with Gasteiger partial charge in [-0.15, -0.1) is 0 Å². The normalized spacial score (nSPS) is 16.8. The van der Waals surface area contributed by atoms with E-state index in [4.69, 9.17) is 9.47 Å². The SMILES string of the molecule is CC(CO)N1C[C@@H](C)[C@@H](CN(C)Cc2ccc(Oc3cc(F)c(F)c(F)c3)cc2)Oc2c(NC(=O)Cc3ccc(C(F)(F)F)cc3)cccc2C1=O. The first-order valence-corrected chi connectivity index (χ1v) is 16.4. The van der Waals surface area contributed by atoms with E-state index >= 15 is 0 Å². The van der Waals surface area contributed by atoms with Crippen LogP contribution in [0.4, 0.5) is 32.0 Å². The Balaban J connectivity index is 1.33. The Labute approximate surface area is 296 Å². The van der Waals surface area contributed by atoms with Crippen LogP contribution in [0.3, 0.4) is 0 Å². The van der Waals surface area contributed by atoms with Crippen LogP contribution < -0.4 is 14.8 Å². The van der Waals surface area contributed by atoms with E-state index in [0.29, 0.717) is 18.7 Å². The van der Waals surface area contributed by atoms with E-state index in [-0.39, 0.29) is 54.0 Å². The Morgan fingerprint density at radius 3 is 2.25 bits per heavy atom. The number of halogens is 6. The predicted octanol–water partition coefficient (Wildman–Crippen LogP) is 7.45. The van der Waals surface area contributed by atoms with Gasteiger partial charge < -0.3 is 24.8 Å². The first-order valence-electron chi connectivity index (χ1n) is 16.4. The summed E-state index contributed by atoms with van der Waals surface area (Å²) in [5.74, 6) is -5.30. The maximum Gasteiger partial charge on any atom is 0.416 e. The number of rotatable bonds is 11. The molecule has 52 heavy (non-hydrogen) atoms. The van der Waals surface area contributed by atoms with Crippen LogP contribution in [0.1, 0.15) is 40.9 Å². The van der Waals surface area contributed by atoms with Crippen LogP contribution in [-0.2, 0) is 23.9 Å². The minimum atomic E-state index is -4.51. The number of hydrogen-bond acceptors (Lipinski definition) is 6. The van der Waals surface area contributed by atoms with E-state index in [0.717, 1.165) is 29.8 Å².